The number of carbonyl (C=O) groups is 3. The van der Waals surface area contributed by atoms with Crippen LogP contribution in [0.15, 0.2) is 60.7 Å². The molecule has 0 saturated carbocycles. The van der Waals surface area contributed by atoms with E-state index in [1.165, 1.54) is 30.3 Å². The van der Waals surface area contributed by atoms with Crippen molar-refractivity contribution in [1.29, 1.82) is 0 Å². The van der Waals surface area contributed by atoms with Gasteiger partial charge in [0.25, 0.3) is 0 Å². The Labute approximate surface area is 204 Å². The summed E-state index contributed by atoms with van der Waals surface area (Å²) in [6.07, 6.45) is 0. The van der Waals surface area contributed by atoms with E-state index in [1.54, 1.807) is 31.2 Å². The molecule has 0 heterocycles. The first kappa shape index (κ1) is 24.6. The van der Waals surface area contributed by atoms with E-state index in [9.17, 15) is 23.9 Å². The Hall–Kier alpha value is -2.71. The summed E-state index contributed by atoms with van der Waals surface area (Å²) in [5, 5.41) is 14.2. The number of rotatable bonds is 4. The molecule has 0 spiro atoms. The van der Waals surface area contributed by atoms with E-state index in [2.05, 4.69) is 10.6 Å². The Morgan fingerprint density at radius 2 is 1.42 bits per heavy atom. The van der Waals surface area contributed by atoms with Gasteiger partial charge < -0.3 is 15.7 Å². The fourth-order valence-electron chi connectivity index (χ4n) is 2.74. The van der Waals surface area contributed by atoms with Crippen LogP contribution in [0.1, 0.15) is 15.9 Å². The third-order valence-corrected chi connectivity index (χ3v) is 4.56. The van der Waals surface area contributed by atoms with E-state index in [1.807, 2.05) is 6.07 Å². The van der Waals surface area contributed by atoms with Crippen LogP contribution in [0.2, 0.25) is 5.02 Å². The van der Waals surface area contributed by atoms with Crippen molar-refractivity contribution in [2.45, 2.75) is 6.92 Å². The summed E-state index contributed by atoms with van der Waals surface area (Å²) in [4.78, 5) is 36.0. The van der Waals surface area contributed by atoms with Crippen molar-refractivity contribution < 1.29 is 23.9 Å². The van der Waals surface area contributed by atoms with Crippen LogP contribution in [-0.4, -0.2) is 52.4 Å². The normalized spacial score (nSPS) is 10.0. The Morgan fingerprint density at radius 3 is 2.03 bits per heavy atom. The van der Waals surface area contributed by atoms with E-state index in [0.29, 0.717) is 11.3 Å². The van der Waals surface area contributed by atoms with Gasteiger partial charge in [-0.15, -0.1) is 0 Å². The first-order valence-corrected chi connectivity index (χ1v) is 9.14. The summed E-state index contributed by atoms with van der Waals surface area (Å²) in [5.41, 5.74) is 2.28. The number of hydrogen-bond acceptors (Lipinski definition) is 3. The molecular weight excluding hydrogens is 434 g/mol. The number of aromatic carboxylic acids is 1. The molecule has 0 aromatic heterocycles. The second-order valence-electron chi connectivity index (χ2n) is 6.44. The van der Waals surface area contributed by atoms with Crippen molar-refractivity contribution in [2.75, 3.05) is 10.6 Å². The topological polar surface area (TPSA) is 95.5 Å². The van der Waals surface area contributed by atoms with Gasteiger partial charge in [-0.05, 0) is 60.0 Å². The minimum atomic E-state index is -1.30. The predicted molar refractivity (Wildman–Crippen MR) is 119 cm³/mol. The van der Waals surface area contributed by atoms with Crippen LogP contribution >= 0.6 is 11.6 Å². The van der Waals surface area contributed by atoms with E-state index in [-0.39, 0.29) is 51.6 Å². The number of amides is 2. The van der Waals surface area contributed by atoms with E-state index < -0.39 is 17.8 Å². The summed E-state index contributed by atoms with van der Waals surface area (Å²) in [5.74, 6) is -3.66. The average molecular weight is 451 g/mol. The average Bonchev–Trinajstić information content (AvgIpc) is 2.71. The molecule has 3 rings (SSSR count). The standard InChI is InChI=1S/C22H16ClFN2O4.Na.H/c1-12-2-3-14(13-4-7-16(24)8-5-13)10-19(12)26-21(28)20(27)25-18-9-6-15(23)11-17(18)22(29)30;;/h2-11H,1H3,(H,25,27)(H,26,28)(H,29,30);;. The minimum absolute atomic E-state index is 0. The monoisotopic (exact) mass is 450 g/mol. The molecule has 0 saturated heterocycles. The molecule has 0 radical (unpaired) electrons. The first-order valence-electron chi connectivity index (χ1n) is 8.76. The fourth-order valence-corrected chi connectivity index (χ4v) is 2.91. The van der Waals surface area contributed by atoms with Gasteiger partial charge in [0, 0.05) is 10.7 Å². The Kier molecular flexibility index (Phi) is 8.36. The molecular formula is C22H17ClFN2NaO4. The van der Waals surface area contributed by atoms with Crippen LogP contribution in [0.4, 0.5) is 15.8 Å². The molecule has 3 N–H and O–H groups in total. The van der Waals surface area contributed by atoms with Gasteiger partial charge in [0.05, 0.1) is 11.3 Å². The third-order valence-electron chi connectivity index (χ3n) is 4.33. The van der Waals surface area contributed by atoms with Gasteiger partial charge in [0.1, 0.15) is 5.82 Å². The SMILES string of the molecule is Cc1ccc(-c2ccc(F)cc2)cc1NC(=O)C(=O)Nc1ccc(Cl)cc1C(=O)O.[NaH]. The summed E-state index contributed by atoms with van der Waals surface area (Å²) in [7, 11) is 0. The molecule has 9 heteroatoms. The number of benzene rings is 3. The van der Waals surface area contributed by atoms with Crippen molar-refractivity contribution in [1.82, 2.24) is 0 Å². The summed E-state index contributed by atoms with van der Waals surface area (Å²) in [6.45, 7) is 1.75. The molecule has 31 heavy (non-hydrogen) atoms. The fraction of sp³-hybridized carbons (Fsp3) is 0.0455. The molecule has 0 aliphatic carbocycles. The Morgan fingerprint density at radius 1 is 0.839 bits per heavy atom. The number of carboxylic acids is 1. The molecule has 0 unspecified atom stereocenters. The molecule has 3 aromatic rings. The number of aryl methyl sites for hydroxylation is 1. The number of halogens is 2. The van der Waals surface area contributed by atoms with Gasteiger partial charge in [0.15, 0.2) is 0 Å². The third kappa shape index (κ3) is 6.15. The molecule has 2 amide bonds. The number of hydrogen-bond donors (Lipinski definition) is 3. The zero-order valence-electron chi connectivity index (χ0n) is 15.7. The van der Waals surface area contributed by atoms with Gasteiger partial charge >= 0.3 is 47.3 Å². The van der Waals surface area contributed by atoms with Gasteiger partial charge in [-0.25, -0.2) is 9.18 Å². The molecule has 154 valence electrons. The number of anilines is 2. The Bertz CT molecular complexity index is 1150. The van der Waals surface area contributed by atoms with Crippen LogP contribution in [-0.2, 0) is 9.59 Å². The van der Waals surface area contributed by atoms with Crippen molar-refractivity contribution >= 4 is 70.3 Å². The van der Waals surface area contributed by atoms with E-state index in [0.717, 1.165) is 11.1 Å². The maximum atomic E-state index is 13.1. The second-order valence-corrected chi connectivity index (χ2v) is 6.88. The molecule has 0 bridgehead atoms. The maximum absolute atomic E-state index is 13.1. The van der Waals surface area contributed by atoms with Crippen LogP contribution in [0.25, 0.3) is 11.1 Å². The van der Waals surface area contributed by atoms with Crippen molar-refractivity contribution in [3.8, 4) is 11.1 Å². The van der Waals surface area contributed by atoms with Crippen LogP contribution in [0.3, 0.4) is 0 Å². The molecule has 0 atom stereocenters. The van der Waals surface area contributed by atoms with Gasteiger partial charge in [0.2, 0.25) is 0 Å². The van der Waals surface area contributed by atoms with Crippen molar-refractivity contribution in [3.05, 3.63) is 82.6 Å². The van der Waals surface area contributed by atoms with Crippen LogP contribution < -0.4 is 10.6 Å². The molecule has 3 aromatic carbocycles. The van der Waals surface area contributed by atoms with Gasteiger partial charge in [-0.1, -0.05) is 35.9 Å². The molecule has 0 fully saturated rings. The molecule has 0 aliphatic heterocycles. The van der Waals surface area contributed by atoms with Crippen LogP contribution in [0, 0.1) is 12.7 Å². The number of carbonyl (C=O) groups excluding carboxylic acids is 2. The first-order chi connectivity index (χ1) is 14.2. The van der Waals surface area contributed by atoms with Crippen molar-refractivity contribution in [2.24, 2.45) is 0 Å². The van der Waals surface area contributed by atoms with E-state index in [4.69, 9.17) is 11.6 Å². The van der Waals surface area contributed by atoms with Gasteiger partial charge in [-0.3, -0.25) is 9.59 Å². The molecule has 6 nitrogen and oxygen atoms in total. The number of carboxylic acid groups (broad SMARTS) is 1. The zero-order valence-corrected chi connectivity index (χ0v) is 16.5. The zero-order chi connectivity index (χ0) is 21.8. The van der Waals surface area contributed by atoms with Gasteiger partial charge in [-0.2, -0.15) is 0 Å². The summed E-state index contributed by atoms with van der Waals surface area (Å²) in [6, 6.07) is 15.0. The quantitative estimate of drug-likeness (QED) is 0.412. The summed E-state index contributed by atoms with van der Waals surface area (Å²) >= 11 is 5.78. The predicted octanol–water partition coefficient (Wildman–Crippen LogP) is 4.08. The number of nitrogens with one attached hydrogen (secondary N) is 2. The second kappa shape index (κ2) is 10.5. The summed E-state index contributed by atoms with van der Waals surface area (Å²) < 4.78 is 13.1. The van der Waals surface area contributed by atoms with Crippen molar-refractivity contribution in [3.63, 3.8) is 0 Å². The van der Waals surface area contributed by atoms with Crippen LogP contribution in [0.5, 0.6) is 0 Å². The Balaban J connectivity index is 0.00000341. The van der Waals surface area contributed by atoms with E-state index >= 15 is 0 Å². The molecule has 0 aliphatic rings.